The van der Waals surface area contributed by atoms with E-state index in [9.17, 15) is 9.59 Å². The lowest BCUT2D eigenvalue weighted by Gasteiger charge is -2.06. The van der Waals surface area contributed by atoms with Crippen LogP contribution in [0.3, 0.4) is 0 Å². The zero-order valence-corrected chi connectivity index (χ0v) is 12.1. The number of hydrogen-bond donors (Lipinski definition) is 1. The lowest BCUT2D eigenvalue weighted by molar-refractivity contribution is -0.144. The highest BCUT2D eigenvalue weighted by molar-refractivity contribution is 7.98. The van der Waals surface area contributed by atoms with Crippen LogP contribution < -0.4 is 5.32 Å². The second kappa shape index (κ2) is 8.58. The van der Waals surface area contributed by atoms with E-state index in [4.69, 9.17) is 4.74 Å². The van der Waals surface area contributed by atoms with E-state index in [1.165, 1.54) is 4.90 Å². The Morgan fingerprint density at radius 2 is 1.89 bits per heavy atom. The zero-order valence-electron chi connectivity index (χ0n) is 11.3. The van der Waals surface area contributed by atoms with Crippen LogP contribution in [0.4, 0.5) is 0 Å². The Balaban J connectivity index is 2.27. The van der Waals surface area contributed by atoms with Gasteiger partial charge in [-0.3, -0.25) is 9.59 Å². The molecule has 1 aromatic rings. The Morgan fingerprint density at radius 1 is 1.21 bits per heavy atom. The number of rotatable bonds is 7. The van der Waals surface area contributed by atoms with Crippen molar-refractivity contribution in [3.05, 3.63) is 29.8 Å². The molecule has 4 nitrogen and oxygen atoms in total. The van der Waals surface area contributed by atoms with Crippen LogP contribution in [0.1, 0.15) is 25.3 Å². The third kappa shape index (κ3) is 6.29. The molecule has 0 aliphatic heterocycles. The van der Waals surface area contributed by atoms with Crippen molar-refractivity contribution >= 4 is 23.6 Å². The third-order valence-corrected chi connectivity index (χ3v) is 3.25. The number of esters is 1. The minimum absolute atomic E-state index is 0.130. The van der Waals surface area contributed by atoms with Crippen molar-refractivity contribution in [3.63, 3.8) is 0 Å². The zero-order chi connectivity index (χ0) is 14.1. The van der Waals surface area contributed by atoms with Crippen LogP contribution >= 0.6 is 11.8 Å². The van der Waals surface area contributed by atoms with Gasteiger partial charge < -0.3 is 10.1 Å². The Morgan fingerprint density at radius 3 is 2.47 bits per heavy atom. The maximum absolute atomic E-state index is 11.5. The maximum atomic E-state index is 11.5. The highest BCUT2D eigenvalue weighted by Crippen LogP contribution is 2.14. The SMILES string of the molecule is CCOC(=O)CCC(=O)NCc1ccc(SC)cc1. The average Bonchev–Trinajstić information content (AvgIpc) is 2.44. The molecule has 19 heavy (non-hydrogen) atoms. The first-order chi connectivity index (χ1) is 9.15. The second-order valence-corrected chi connectivity index (χ2v) is 4.81. The summed E-state index contributed by atoms with van der Waals surface area (Å²) < 4.78 is 4.76. The van der Waals surface area contributed by atoms with Gasteiger partial charge in [-0.2, -0.15) is 0 Å². The number of thioether (sulfide) groups is 1. The van der Waals surface area contributed by atoms with Gasteiger partial charge in [-0.25, -0.2) is 0 Å². The Hall–Kier alpha value is -1.49. The predicted molar refractivity (Wildman–Crippen MR) is 75.9 cm³/mol. The summed E-state index contributed by atoms with van der Waals surface area (Å²) in [7, 11) is 0. The molecule has 1 rings (SSSR count). The summed E-state index contributed by atoms with van der Waals surface area (Å²) in [4.78, 5) is 23.8. The van der Waals surface area contributed by atoms with Crippen LogP contribution in [0.5, 0.6) is 0 Å². The number of benzene rings is 1. The Labute approximate surface area is 117 Å². The second-order valence-electron chi connectivity index (χ2n) is 3.93. The van der Waals surface area contributed by atoms with Crippen molar-refractivity contribution in [1.82, 2.24) is 5.32 Å². The van der Waals surface area contributed by atoms with Gasteiger partial charge in [0.1, 0.15) is 0 Å². The number of ether oxygens (including phenoxy) is 1. The highest BCUT2D eigenvalue weighted by atomic mass is 32.2. The molecule has 0 saturated heterocycles. The molecule has 1 N–H and O–H groups in total. The van der Waals surface area contributed by atoms with E-state index < -0.39 is 0 Å². The molecule has 5 heteroatoms. The molecular weight excluding hydrogens is 262 g/mol. The molecule has 0 aliphatic rings. The van der Waals surface area contributed by atoms with E-state index in [-0.39, 0.29) is 24.7 Å². The topological polar surface area (TPSA) is 55.4 Å². The largest absolute Gasteiger partial charge is 0.466 e. The van der Waals surface area contributed by atoms with E-state index in [0.717, 1.165) is 5.56 Å². The molecule has 0 radical (unpaired) electrons. The summed E-state index contributed by atoms with van der Waals surface area (Å²) in [5, 5.41) is 2.78. The van der Waals surface area contributed by atoms with Gasteiger partial charge in [0.2, 0.25) is 5.91 Å². The minimum Gasteiger partial charge on any atom is -0.466 e. The van der Waals surface area contributed by atoms with Gasteiger partial charge in [-0.15, -0.1) is 11.8 Å². The summed E-state index contributed by atoms with van der Waals surface area (Å²) in [6.07, 6.45) is 2.32. The first kappa shape index (κ1) is 15.6. The fourth-order valence-electron chi connectivity index (χ4n) is 1.48. The van der Waals surface area contributed by atoms with E-state index in [2.05, 4.69) is 5.32 Å². The molecule has 0 aromatic heterocycles. The van der Waals surface area contributed by atoms with Crippen LogP contribution in [0.25, 0.3) is 0 Å². The smallest absolute Gasteiger partial charge is 0.306 e. The van der Waals surface area contributed by atoms with Crippen LogP contribution in [-0.4, -0.2) is 24.7 Å². The molecule has 0 unspecified atom stereocenters. The monoisotopic (exact) mass is 281 g/mol. The molecule has 1 amide bonds. The van der Waals surface area contributed by atoms with Crippen molar-refractivity contribution in [2.24, 2.45) is 0 Å². The number of carbonyl (C=O) groups excluding carboxylic acids is 2. The molecule has 0 spiro atoms. The van der Waals surface area contributed by atoms with Crippen molar-refractivity contribution in [2.75, 3.05) is 12.9 Å². The fraction of sp³-hybridized carbons (Fsp3) is 0.429. The molecule has 104 valence electrons. The summed E-state index contributed by atoms with van der Waals surface area (Å²) in [5.41, 5.74) is 1.04. The van der Waals surface area contributed by atoms with Crippen molar-refractivity contribution in [2.45, 2.75) is 31.2 Å². The van der Waals surface area contributed by atoms with Crippen LogP contribution in [0, 0.1) is 0 Å². The summed E-state index contributed by atoms with van der Waals surface area (Å²) >= 11 is 1.68. The van der Waals surface area contributed by atoms with Crippen LogP contribution in [-0.2, 0) is 20.9 Å². The first-order valence-corrected chi connectivity index (χ1v) is 7.43. The average molecular weight is 281 g/mol. The van der Waals surface area contributed by atoms with Crippen molar-refractivity contribution < 1.29 is 14.3 Å². The van der Waals surface area contributed by atoms with Crippen LogP contribution in [0.15, 0.2) is 29.2 Å². The number of amides is 1. The van der Waals surface area contributed by atoms with Gasteiger partial charge in [0, 0.05) is 17.9 Å². The molecule has 0 saturated carbocycles. The van der Waals surface area contributed by atoms with Gasteiger partial charge in [-0.1, -0.05) is 12.1 Å². The molecule has 1 aromatic carbocycles. The van der Waals surface area contributed by atoms with Gasteiger partial charge in [0.05, 0.1) is 13.0 Å². The standard InChI is InChI=1S/C14H19NO3S/c1-3-18-14(17)9-8-13(16)15-10-11-4-6-12(19-2)7-5-11/h4-7H,3,8-10H2,1-2H3,(H,15,16). The summed E-state index contributed by atoms with van der Waals surface area (Å²) in [6.45, 7) is 2.58. The highest BCUT2D eigenvalue weighted by Gasteiger charge is 2.07. The predicted octanol–water partition coefficient (Wildman–Crippen LogP) is 2.37. The summed E-state index contributed by atoms with van der Waals surface area (Å²) in [5.74, 6) is -0.469. The minimum atomic E-state index is -0.332. The van der Waals surface area contributed by atoms with Gasteiger partial charge in [0.25, 0.3) is 0 Å². The molecule has 0 atom stereocenters. The maximum Gasteiger partial charge on any atom is 0.306 e. The molecule has 0 heterocycles. The van der Waals surface area contributed by atoms with Crippen molar-refractivity contribution in [3.8, 4) is 0 Å². The summed E-state index contributed by atoms with van der Waals surface area (Å²) in [6, 6.07) is 8.00. The number of carbonyl (C=O) groups is 2. The Bertz CT molecular complexity index is 417. The van der Waals surface area contributed by atoms with E-state index in [1.807, 2.05) is 30.5 Å². The fourth-order valence-corrected chi connectivity index (χ4v) is 1.89. The quantitative estimate of drug-likeness (QED) is 0.616. The Kier molecular flexibility index (Phi) is 7.03. The van der Waals surface area contributed by atoms with Gasteiger partial charge in [0.15, 0.2) is 0 Å². The molecular formula is C14H19NO3S. The lowest BCUT2D eigenvalue weighted by Crippen LogP contribution is -2.23. The van der Waals surface area contributed by atoms with Crippen LogP contribution in [0.2, 0.25) is 0 Å². The first-order valence-electron chi connectivity index (χ1n) is 6.21. The normalized spacial score (nSPS) is 10.0. The number of nitrogens with one attached hydrogen (secondary N) is 1. The van der Waals surface area contributed by atoms with E-state index in [0.29, 0.717) is 13.2 Å². The third-order valence-electron chi connectivity index (χ3n) is 2.51. The molecule has 0 bridgehead atoms. The van der Waals surface area contributed by atoms with Gasteiger partial charge >= 0.3 is 5.97 Å². The lowest BCUT2D eigenvalue weighted by atomic mass is 10.2. The molecule has 0 aliphatic carbocycles. The van der Waals surface area contributed by atoms with E-state index in [1.54, 1.807) is 18.7 Å². The molecule has 0 fully saturated rings. The van der Waals surface area contributed by atoms with Crippen molar-refractivity contribution in [1.29, 1.82) is 0 Å². The number of hydrogen-bond acceptors (Lipinski definition) is 4. The van der Waals surface area contributed by atoms with Gasteiger partial charge in [-0.05, 0) is 30.9 Å². The van der Waals surface area contributed by atoms with E-state index >= 15 is 0 Å².